The largest absolute Gasteiger partial charge is 0.300 e. The number of hydrogen-bond donors (Lipinski definition) is 0. The Morgan fingerprint density at radius 2 is 2.00 bits per heavy atom. The van der Waals surface area contributed by atoms with Crippen LogP contribution in [0, 0.1) is 4.77 Å². The topological polar surface area (TPSA) is 38.9 Å². The molecule has 0 atom stereocenters. The molecule has 0 spiro atoms. The van der Waals surface area contributed by atoms with E-state index >= 15 is 0 Å². The predicted molar refractivity (Wildman–Crippen MR) is 103 cm³/mol. The summed E-state index contributed by atoms with van der Waals surface area (Å²) in [5.41, 5.74) is 1.03. The number of hydrogen-bond acceptors (Lipinski definition) is 5. The maximum absolute atomic E-state index is 5.62. The van der Waals surface area contributed by atoms with Crippen LogP contribution in [0.25, 0.3) is 11.4 Å². The van der Waals surface area contributed by atoms with E-state index in [1.54, 1.807) is 23.7 Å². The number of nitrogens with zero attached hydrogens (tertiary/aromatic N) is 5. The lowest BCUT2D eigenvalue weighted by Gasteiger charge is -2.15. The van der Waals surface area contributed by atoms with E-state index in [4.69, 9.17) is 17.3 Å². The molecule has 3 rings (SSSR count). The minimum absolute atomic E-state index is 0.652. The number of aromatic nitrogens is 4. The summed E-state index contributed by atoms with van der Waals surface area (Å²) in [4.78, 5) is 7.58. The molecule has 24 heavy (non-hydrogen) atoms. The molecule has 0 aromatic carbocycles. The zero-order chi connectivity index (χ0) is 17.1. The lowest BCUT2D eigenvalue weighted by Crippen LogP contribution is -2.22. The Morgan fingerprint density at radius 1 is 1.25 bits per heavy atom. The van der Waals surface area contributed by atoms with E-state index in [2.05, 4.69) is 56.5 Å². The molecule has 0 fully saturated rings. The number of rotatable bonds is 6. The maximum atomic E-state index is 5.62. The minimum atomic E-state index is 0.652. The lowest BCUT2D eigenvalue weighted by atomic mass is 10.2. The first-order valence-electron chi connectivity index (χ1n) is 7.59. The smallest absolute Gasteiger partial charge is 0.199 e. The van der Waals surface area contributed by atoms with Crippen molar-refractivity contribution in [2.45, 2.75) is 26.7 Å². The van der Waals surface area contributed by atoms with Gasteiger partial charge in [0.15, 0.2) is 10.6 Å². The number of thiophene rings is 1. The Balaban J connectivity index is 1.83. The van der Waals surface area contributed by atoms with Gasteiger partial charge < -0.3 is 4.57 Å². The van der Waals surface area contributed by atoms with E-state index in [0.717, 1.165) is 33.0 Å². The standard InChI is InChI=1S/C16H18BrN5S2/c1-3-21-15(12-6-8-18-9-7-12)19-22(16(21)23)11-20(2)10-13-4-5-14(17)24-13/h4-9H,3,10-11H2,1-2H3. The fraction of sp³-hybridized carbons (Fsp3) is 0.312. The molecule has 0 saturated heterocycles. The van der Waals surface area contributed by atoms with Crippen LogP contribution in [0.4, 0.5) is 0 Å². The van der Waals surface area contributed by atoms with E-state index in [9.17, 15) is 0 Å². The van der Waals surface area contributed by atoms with Gasteiger partial charge in [0, 0.05) is 35.9 Å². The molecule has 0 radical (unpaired) electrons. The van der Waals surface area contributed by atoms with Gasteiger partial charge in [-0.05, 0) is 66.4 Å². The maximum Gasteiger partial charge on any atom is 0.199 e. The molecule has 0 amide bonds. The van der Waals surface area contributed by atoms with Crippen molar-refractivity contribution in [3.8, 4) is 11.4 Å². The Hall–Kier alpha value is -1.35. The molecule has 0 N–H and O–H groups in total. The van der Waals surface area contributed by atoms with Crippen molar-refractivity contribution in [3.05, 3.63) is 50.1 Å². The first-order valence-corrected chi connectivity index (χ1v) is 9.61. The van der Waals surface area contributed by atoms with Gasteiger partial charge in [-0.2, -0.15) is 5.10 Å². The molecule has 0 saturated carbocycles. The Morgan fingerprint density at radius 3 is 2.62 bits per heavy atom. The number of halogens is 1. The zero-order valence-corrected chi connectivity index (χ0v) is 16.7. The van der Waals surface area contributed by atoms with Crippen LogP contribution in [0.15, 0.2) is 40.4 Å². The average molecular weight is 424 g/mol. The van der Waals surface area contributed by atoms with Gasteiger partial charge in [-0.3, -0.25) is 9.88 Å². The van der Waals surface area contributed by atoms with Crippen LogP contribution in [0.5, 0.6) is 0 Å². The third kappa shape index (κ3) is 3.83. The van der Waals surface area contributed by atoms with Crippen LogP contribution in [-0.2, 0) is 19.8 Å². The highest BCUT2D eigenvalue weighted by Crippen LogP contribution is 2.23. The molecular weight excluding hydrogens is 406 g/mol. The van der Waals surface area contributed by atoms with E-state index < -0.39 is 0 Å². The van der Waals surface area contributed by atoms with Crippen molar-refractivity contribution >= 4 is 39.5 Å². The average Bonchev–Trinajstić information content (AvgIpc) is 3.12. The van der Waals surface area contributed by atoms with Crippen molar-refractivity contribution in [1.82, 2.24) is 24.2 Å². The fourth-order valence-corrected chi connectivity index (χ4v) is 4.39. The van der Waals surface area contributed by atoms with Gasteiger partial charge in [-0.15, -0.1) is 11.3 Å². The van der Waals surface area contributed by atoms with Crippen molar-refractivity contribution in [2.24, 2.45) is 0 Å². The summed E-state index contributed by atoms with van der Waals surface area (Å²) in [5.74, 6) is 0.886. The van der Waals surface area contributed by atoms with Crippen LogP contribution in [0.3, 0.4) is 0 Å². The molecular formula is C16H18BrN5S2. The highest BCUT2D eigenvalue weighted by atomic mass is 79.9. The third-order valence-corrected chi connectivity index (χ3v) is 5.65. The second kappa shape index (κ2) is 7.69. The molecule has 126 valence electrons. The minimum Gasteiger partial charge on any atom is -0.300 e. The zero-order valence-electron chi connectivity index (χ0n) is 13.5. The third-order valence-electron chi connectivity index (χ3n) is 3.61. The van der Waals surface area contributed by atoms with Crippen LogP contribution in [-0.4, -0.2) is 31.3 Å². The van der Waals surface area contributed by atoms with Crippen molar-refractivity contribution in [3.63, 3.8) is 0 Å². The molecule has 0 bridgehead atoms. The summed E-state index contributed by atoms with van der Waals surface area (Å²) in [6.07, 6.45) is 3.55. The summed E-state index contributed by atoms with van der Waals surface area (Å²) < 4.78 is 5.83. The molecule has 3 heterocycles. The quantitative estimate of drug-likeness (QED) is 0.550. The van der Waals surface area contributed by atoms with Gasteiger partial charge in [0.25, 0.3) is 0 Å². The van der Waals surface area contributed by atoms with E-state index in [1.165, 1.54) is 4.88 Å². The van der Waals surface area contributed by atoms with Crippen LogP contribution in [0.2, 0.25) is 0 Å². The van der Waals surface area contributed by atoms with Crippen LogP contribution >= 0.6 is 39.5 Å². The highest BCUT2D eigenvalue weighted by Gasteiger charge is 2.13. The van der Waals surface area contributed by atoms with Crippen LogP contribution in [0.1, 0.15) is 11.8 Å². The van der Waals surface area contributed by atoms with E-state index in [0.29, 0.717) is 6.67 Å². The fourth-order valence-electron chi connectivity index (χ4n) is 2.51. The Bertz CT molecular complexity index is 868. The highest BCUT2D eigenvalue weighted by molar-refractivity contribution is 9.11. The first kappa shape index (κ1) is 17.5. The lowest BCUT2D eigenvalue weighted by molar-refractivity contribution is 0.246. The summed E-state index contributed by atoms with van der Waals surface area (Å²) in [7, 11) is 2.08. The summed E-state index contributed by atoms with van der Waals surface area (Å²) in [5, 5.41) is 4.74. The summed E-state index contributed by atoms with van der Waals surface area (Å²) in [6, 6.07) is 8.13. The molecule has 0 aliphatic carbocycles. The number of pyridine rings is 1. The first-order chi connectivity index (χ1) is 11.6. The van der Waals surface area contributed by atoms with Gasteiger partial charge in [0.2, 0.25) is 0 Å². The second-order valence-electron chi connectivity index (χ2n) is 5.45. The molecule has 0 aliphatic rings. The van der Waals surface area contributed by atoms with Crippen LogP contribution < -0.4 is 0 Å². The van der Waals surface area contributed by atoms with E-state index in [1.807, 2.05) is 16.8 Å². The van der Waals surface area contributed by atoms with Gasteiger partial charge in [-0.1, -0.05) is 0 Å². The van der Waals surface area contributed by atoms with Gasteiger partial charge in [0.1, 0.15) is 0 Å². The Labute approximate surface area is 158 Å². The summed E-state index contributed by atoms with van der Waals surface area (Å²) in [6.45, 7) is 4.39. The molecule has 5 nitrogen and oxygen atoms in total. The van der Waals surface area contributed by atoms with Gasteiger partial charge in [-0.25, -0.2) is 4.68 Å². The van der Waals surface area contributed by atoms with Crippen molar-refractivity contribution < 1.29 is 0 Å². The molecule has 0 unspecified atom stereocenters. The molecule has 3 aromatic heterocycles. The second-order valence-corrected chi connectivity index (χ2v) is 8.36. The molecule has 8 heteroatoms. The van der Waals surface area contributed by atoms with Crippen molar-refractivity contribution in [1.29, 1.82) is 0 Å². The van der Waals surface area contributed by atoms with E-state index in [-0.39, 0.29) is 0 Å². The SMILES string of the molecule is CCn1c(-c2ccncc2)nn(CN(C)Cc2ccc(Br)s2)c1=S. The molecule has 3 aromatic rings. The summed E-state index contributed by atoms with van der Waals surface area (Å²) >= 11 is 10.9. The monoisotopic (exact) mass is 423 g/mol. The van der Waals surface area contributed by atoms with Crippen molar-refractivity contribution in [2.75, 3.05) is 7.05 Å². The van der Waals surface area contributed by atoms with Gasteiger partial charge in [0.05, 0.1) is 10.5 Å². The van der Waals surface area contributed by atoms with Gasteiger partial charge >= 0.3 is 0 Å². The normalized spacial score (nSPS) is 11.3. The molecule has 0 aliphatic heterocycles. The predicted octanol–water partition coefficient (Wildman–Crippen LogP) is 4.41. The Kier molecular flexibility index (Phi) is 5.60.